The van der Waals surface area contributed by atoms with E-state index in [1.807, 2.05) is 12.1 Å². The summed E-state index contributed by atoms with van der Waals surface area (Å²) in [5, 5.41) is 14.3. The minimum absolute atomic E-state index is 0.0130. The van der Waals surface area contributed by atoms with Gasteiger partial charge in [0.1, 0.15) is 11.3 Å². The summed E-state index contributed by atoms with van der Waals surface area (Å²) < 4.78 is 5.07. The molecule has 2 N–H and O–H groups in total. The molecule has 0 aliphatic carbocycles. The van der Waals surface area contributed by atoms with Crippen LogP contribution in [0.4, 0.5) is 0 Å². The number of aromatic hydroxyl groups is 1. The lowest BCUT2D eigenvalue weighted by molar-refractivity contribution is -0.119. The molecule has 0 radical (unpaired) electrons. The average Bonchev–Trinajstić information content (AvgIpc) is 3.14. The number of amides is 1. The van der Waals surface area contributed by atoms with Crippen LogP contribution in [0, 0.1) is 0 Å². The van der Waals surface area contributed by atoms with Crippen molar-refractivity contribution in [3.05, 3.63) is 63.8 Å². The summed E-state index contributed by atoms with van der Waals surface area (Å²) in [5.41, 5.74) is 0.0130. The van der Waals surface area contributed by atoms with Crippen molar-refractivity contribution in [2.24, 2.45) is 0 Å². The molecule has 1 amide bonds. The molecular weight excluding hydrogens is 366 g/mol. The Hall–Kier alpha value is -3.19. The molecule has 27 heavy (non-hydrogen) atoms. The first-order valence-corrected chi connectivity index (χ1v) is 9.01. The van der Waals surface area contributed by atoms with Crippen LogP contribution in [-0.2, 0) is 16.1 Å². The number of fused-ring (bicyclic) bond motifs is 1. The summed E-state index contributed by atoms with van der Waals surface area (Å²) in [5.74, 6) is -1.43. The quantitative estimate of drug-likeness (QED) is 0.503. The molecule has 1 heterocycles. The van der Waals surface area contributed by atoms with Crippen LogP contribution in [0.5, 0.6) is 5.75 Å². The predicted octanol–water partition coefficient (Wildman–Crippen LogP) is 3.28. The van der Waals surface area contributed by atoms with Crippen LogP contribution in [0.25, 0.3) is 10.8 Å². The van der Waals surface area contributed by atoms with Crippen LogP contribution in [0.1, 0.15) is 31.8 Å². The van der Waals surface area contributed by atoms with Crippen LogP contribution in [-0.4, -0.2) is 29.4 Å². The molecule has 0 aliphatic heterocycles. The molecule has 0 atom stereocenters. The van der Waals surface area contributed by atoms with Crippen molar-refractivity contribution in [3.63, 3.8) is 0 Å². The predicted molar refractivity (Wildman–Crippen MR) is 102 cm³/mol. The molecule has 0 aliphatic rings. The van der Waals surface area contributed by atoms with E-state index in [2.05, 4.69) is 5.32 Å². The zero-order chi connectivity index (χ0) is 19.4. The van der Waals surface area contributed by atoms with Crippen LogP contribution in [0.3, 0.4) is 0 Å². The van der Waals surface area contributed by atoms with Crippen molar-refractivity contribution in [1.29, 1.82) is 0 Å². The number of thiophene rings is 1. The highest BCUT2D eigenvalue weighted by Crippen LogP contribution is 2.29. The van der Waals surface area contributed by atoms with Crippen LogP contribution < -0.4 is 5.32 Å². The number of ether oxygens (including phenoxy) is 1. The first kappa shape index (κ1) is 18.6. The summed E-state index contributed by atoms with van der Waals surface area (Å²) in [6.07, 6.45) is 0. The Labute approximate surface area is 159 Å². The summed E-state index contributed by atoms with van der Waals surface area (Å²) in [6, 6.07) is 13.7. The molecule has 2 aromatic carbocycles. The Morgan fingerprint density at radius 2 is 1.85 bits per heavy atom. The number of hydrogen-bond donors (Lipinski definition) is 2. The number of esters is 1. The highest BCUT2D eigenvalue weighted by Gasteiger charge is 2.18. The standard InChI is InChI=1S/C20H17NO5S/c1-12(22)21-10-14-7-9-18(27-14)17(23)11-26-20(25)16-8-6-13-4-2-3-5-15(13)19(16)24/h2-9,24H,10-11H2,1H3,(H,21,22). The van der Waals surface area contributed by atoms with Gasteiger partial charge in [0.15, 0.2) is 6.61 Å². The molecule has 138 valence electrons. The lowest BCUT2D eigenvalue weighted by atomic mass is 10.1. The first-order valence-electron chi connectivity index (χ1n) is 8.20. The van der Waals surface area contributed by atoms with Crippen molar-refractivity contribution in [2.75, 3.05) is 6.61 Å². The third-order valence-electron chi connectivity index (χ3n) is 3.90. The number of phenols is 1. The van der Waals surface area contributed by atoms with Crippen LogP contribution in [0.15, 0.2) is 48.5 Å². The van der Waals surface area contributed by atoms with Gasteiger partial charge in [0.2, 0.25) is 11.7 Å². The Bertz CT molecular complexity index is 1020. The van der Waals surface area contributed by atoms with E-state index in [0.29, 0.717) is 16.8 Å². The smallest absolute Gasteiger partial charge is 0.342 e. The number of carbonyl (C=O) groups excluding carboxylic acids is 3. The Balaban J connectivity index is 1.64. The van der Waals surface area contributed by atoms with Gasteiger partial charge >= 0.3 is 5.97 Å². The second kappa shape index (κ2) is 8.01. The third-order valence-corrected chi connectivity index (χ3v) is 5.03. The fourth-order valence-electron chi connectivity index (χ4n) is 2.53. The zero-order valence-corrected chi connectivity index (χ0v) is 15.3. The van der Waals surface area contributed by atoms with Gasteiger partial charge in [0.05, 0.1) is 11.4 Å². The fourth-order valence-corrected chi connectivity index (χ4v) is 3.41. The second-order valence-electron chi connectivity index (χ2n) is 5.86. The van der Waals surface area contributed by atoms with Crippen molar-refractivity contribution >= 4 is 39.8 Å². The molecule has 0 unspecified atom stereocenters. The maximum Gasteiger partial charge on any atom is 0.342 e. The van der Waals surface area contributed by atoms with E-state index in [1.54, 1.807) is 30.3 Å². The van der Waals surface area contributed by atoms with Gasteiger partial charge in [0, 0.05) is 17.2 Å². The van der Waals surface area contributed by atoms with Gasteiger partial charge in [-0.25, -0.2) is 4.79 Å². The number of rotatable bonds is 6. The van der Waals surface area contributed by atoms with Gasteiger partial charge in [-0.05, 0) is 23.6 Å². The minimum atomic E-state index is -0.762. The SMILES string of the molecule is CC(=O)NCc1ccc(C(=O)COC(=O)c2ccc3ccccc3c2O)s1. The van der Waals surface area contributed by atoms with Gasteiger partial charge in [-0.1, -0.05) is 30.3 Å². The first-order chi connectivity index (χ1) is 13.0. The molecule has 7 heteroatoms. The summed E-state index contributed by atoms with van der Waals surface area (Å²) in [7, 11) is 0. The van der Waals surface area contributed by atoms with E-state index in [1.165, 1.54) is 24.3 Å². The second-order valence-corrected chi connectivity index (χ2v) is 7.03. The zero-order valence-electron chi connectivity index (χ0n) is 14.5. The summed E-state index contributed by atoms with van der Waals surface area (Å²) in [6.45, 7) is 1.34. The Kier molecular flexibility index (Phi) is 5.52. The van der Waals surface area contributed by atoms with Gasteiger partial charge in [-0.15, -0.1) is 11.3 Å². The van der Waals surface area contributed by atoms with Crippen molar-refractivity contribution in [3.8, 4) is 5.75 Å². The highest BCUT2D eigenvalue weighted by molar-refractivity contribution is 7.14. The number of carbonyl (C=O) groups is 3. The third kappa shape index (κ3) is 4.32. The van der Waals surface area contributed by atoms with Crippen molar-refractivity contribution in [1.82, 2.24) is 5.32 Å². The Morgan fingerprint density at radius 3 is 2.63 bits per heavy atom. The van der Waals surface area contributed by atoms with Crippen LogP contribution >= 0.6 is 11.3 Å². The van der Waals surface area contributed by atoms with E-state index in [4.69, 9.17) is 4.74 Å². The van der Waals surface area contributed by atoms with E-state index in [-0.39, 0.29) is 23.0 Å². The number of hydrogen-bond acceptors (Lipinski definition) is 6. The number of ketones is 1. The summed E-state index contributed by atoms with van der Waals surface area (Å²) >= 11 is 1.23. The average molecular weight is 383 g/mol. The van der Waals surface area contributed by atoms with E-state index in [9.17, 15) is 19.5 Å². The number of nitrogens with one attached hydrogen (secondary N) is 1. The van der Waals surface area contributed by atoms with Gasteiger partial charge in [-0.3, -0.25) is 9.59 Å². The summed E-state index contributed by atoms with van der Waals surface area (Å²) in [4.78, 5) is 36.7. The van der Waals surface area contributed by atoms with E-state index >= 15 is 0 Å². The normalized spacial score (nSPS) is 10.6. The molecule has 3 rings (SSSR count). The van der Waals surface area contributed by atoms with E-state index in [0.717, 1.165) is 10.3 Å². The molecule has 0 bridgehead atoms. The lowest BCUT2D eigenvalue weighted by Crippen LogP contribution is -2.18. The largest absolute Gasteiger partial charge is 0.506 e. The number of Topliss-reactive ketones (excluding diaryl/α,β-unsaturated/α-hetero) is 1. The molecule has 6 nitrogen and oxygen atoms in total. The minimum Gasteiger partial charge on any atom is -0.506 e. The van der Waals surface area contributed by atoms with Crippen LogP contribution in [0.2, 0.25) is 0 Å². The maximum atomic E-state index is 12.2. The molecular formula is C20H17NO5S. The fraction of sp³-hybridized carbons (Fsp3) is 0.150. The molecule has 1 aromatic heterocycles. The van der Waals surface area contributed by atoms with Gasteiger partial charge in [-0.2, -0.15) is 0 Å². The number of phenolic OH excluding ortho intramolecular Hbond substituents is 1. The monoisotopic (exact) mass is 383 g/mol. The van der Waals surface area contributed by atoms with Crippen molar-refractivity contribution in [2.45, 2.75) is 13.5 Å². The highest BCUT2D eigenvalue weighted by atomic mass is 32.1. The molecule has 0 fully saturated rings. The maximum absolute atomic E-state index is 12.2. The molecule has 0 saturated heterocycles. The lowest BCUT2D eigenvalue weighted by Gasteiger charge is -2.08. The topological polar surface area (TPSA) is 92.7 Å². The van der Waals surface area contributed by atoms with E-state index < -0.39 is 12.6 Å². The van der Waals surface area contributed by atoms with Gasteiger partial charge < -0.3 is 15.2 Å². The molecule has 0 spiro atoms. The molecule has 3 aromatic rings. The molecule has 0 saturated carbocycles. The van der Waals surface area contributed by atoms with Crippen molar-refractivity contribution < 1.29 is 24.2 Å². The number of benzene rings is 2. The Morgan fingerprint density at radius 1 is 1.07 bits per heavy atom. The van der Waals surface area contributed by atoms with Gasteiger partial charge in [0.25, 0.3) is 0 Å².